The standard InChI is InChI=1S/C31H33ClN6O3/c1-17-3-5-19(6-4-17)16-38-23-15-21(32)12-13-22(23)26(37-38)29-34-27(33)25-28(35-29)36-30(41)31(25,2)20-10-7-18(8-11-20)9-14-24(39)40/h7-8,10-13,15,17,19H,3-6,9,14,16H2,1-2H3,(H,39,40)(H3,33,34,35,36,41)/t17?,19?,31-/m1/s1. The van der Waals surface area contributed by atoms with Gasteiger partial charge in [-0.15, -0.1) is 0 Å². The molecule has 0 unspecified atom stereocenters. The number of nitrogen functional groups attached to an aromatic ring is 1. The third-order valence-electron chi connectivity index (χ3n) is 8.77. The van der Waals surface area contributed by atoms with E-state index in [4.69, 9.17) is 32.5 Å². The number of nitrogens with zero attached hydrogens (tertiary/aromatic N) is 4. The van der Waals surface area contributed by atoms with Crippen molar-refractivity contribution >= 4 is 46.0 Å². The van der Waals surface area contributed by atoms with E-state index in [-0.39, 0.29) is 18.1 Å². The quantitative estimate of drug-likeness (QED) is 0.253. The lowest BCUT2D eigenvalue weighted by molar-refractivity contribution is -0.137. The number of anilines is 2. The smallest absolute Gasteiger partial charge is 0.303 e. The van der Waals surface area contributed by atoms with Crippen molar-refractivity contribution < 1.29 is 14.7 Å². The van der Waals surface area contributed by atoms with Gasteiger partial charge >= 0.3 is 5.97 Å². The highest BCUT2D eigenvalue weighted by atomic mass is 35.5. The van der Waals surface area contributed by atoms with Crippen LogP contribution in [0.15, 0.2) is 42.5 Å². The zero-order chi connectivity index (χ0) is 28.9. The molecule has 1 atom stereocenters. The van der Waals surface area contributed by atoms with Crippen LogP contribution in [0, 0.1) is 11.8 Å². The van der Waals surface area contributed by atoms with Crippen molar-refractivity contribution in [2.45, 2.75) is 64.3 Å². The Hall–Kier alpha value is -3.98. The van der Waals surface area contributed by atoms with Crippen molar-refractivity contribution in [1.29, 1.82) is 0 Å². The molecular weight excluding hydrogens is 540 g/mol. The summed E-state index contributed by atoms with van der Waals surface area (Å²) in [5.74, 6) is 1.13. The largest absolute Gasteiger partial charge is 0.481 e. The average molecular weight is 573 g/mol. The minimum atomic E-state index is -1.10. The molecule has 1 aliphatic carbocycles. The van der Waals surface area contributed by atoms with Gasteiger partial charge in [-0.3, -0.25) is 14.3 Å². The number of carboxylic acids is 1. The first-order valence-electron chi connectivity index (χ1n) is 14.1. The number of hydrogen-bond acceptors (Lipinski definition) is 6. The number of carbonyl (C=O) groups excluding carboxylic acids is 1. The summed E-state index contributed by atoms with van der Waals surface area (Å²) >= 11 is 6.39. The van der Waals surface area contributed by atoms with Gasteiger partial charge in [0.25, 0.3) is 0 Å². The molecule has 1 aliphatic heterocycles. The van der Waals surface area contributed by atoms with Gasteiger partial charge in [0.05, 0.1) is 11.1 Å². The number of aliphatic carboxylic acids is 1. The molecule has 0 radical (unpaired) electrons. The van der Waals surface area contributed by atoms with Crippen molar-refractivity contribution in [3.63, 3.8) is 0 Å². The molecule has 212 valence electrons. The average Bonchev–Trinajstić information content (AvgIpc) is 3.43. The molecule has 4 N–H and O–H groups in total. The second-order valence-electron chi connectivity index (χ2n) is 11.6. The number of halogens is 1. The fourth-order valence-electron chi connectivity index (χ4n) is 6.25. The van der Waals surface area contributed by atoms with Gasteiger partial charge in [0.2, 0.25) is 5.91 Å². The summed E-state index contributed by atoms with van der Waals surface area (Å²) in [4.78, 5) is 33.8. The summed E-state index contributed by atoms with van der Waals surface area (Å²) in [6.45, 7) is 4.91. The van der Waals surface area contributed by atoms with Crippen LogP contribution in [0.3, 0.4) is 0 Å². The van der Waals surface area contributed by atoms with E-state index in [1.165, 1.54) is 25.7 Å². The van der Waals surface area contributed by atoms with E-state index in [9.17, 15) is 9.59 Å². The number of aromatic nitrogens is 4. The summed E-state index contributed by atoms with van der Waals surface area (Å²) in [6, 6.07) is 13.1. The van der Waals surface area contributed by atoms with Crippen molar-refractivity contribution in [2.24, 2.45) is 11.8 Å². The van der Waals surface area contributed by atoms with E-state index in [1.807, 2.05) is 47.1 Å². The predicted octanol–water partition coefficient (Wildman–Crippen LogP) is 5.83. The van der Waals surface area contributed by atoms with E-state index >= 15 is 0 Å². The van der Waals surface area contributed by atoms with E-state index in [2.05, 4.69) is 17.2 Å². The number of nitrogens with one attached hydrogen (secondary N) is 1. The van der Waals surface area contributed by atoms with Crippen molar-refractivity contribution in [3.05, 3.63) is 64.2 Å². The first-order valence-corrected chi connectivity index (χ1v) is 14.5. The van der Waals surface area contributed by atoms with Crippen molar-refractivity contribution in [3.8, 4) is 11.5 Å². The molecule has 10 heteroatoms. The summed E-state index contributed by atoms with van der Waals surface area (Å²) < 4.78 is 2.01. The molecule has 2 aromatic heterocycles. The maximum Gasteiger partial charge on any atom is 0.303 e. The second kappa shape index (κ2) is 10.4. The zero-order valence-electron chi connectivity index (χ0n) is 23.2. The molecule has 0 bridgehead atoms. The molecule has 1 fully saturated rings. The van der Waals surface area contributed by atoms with E-state index in [0.29, 0.717) is 40.3 Å². The maximum atomic E-state index is 13.4. The highest BCUT2D eigenvalue weighted by Crippen LogP contribution is 2.45. The minimum absolute atomic E-state index is 0.0417. The summed E-state index contributed by atoms with van der Waals surface area (Å²) in [5, 5.41) is 18.4. The van der Waals surface area contributed by atoms with Crippen LogP contribution in [-0.4, -0.2) is 36.7 Å². The van der Waals surface area contributed by atoms with Crippen LogP contribution in [-0.2, 0) is 28.0 Å². The van der Waals surface area contributed by atoms with Gasteiger partial charge in [-0.2, -0.15) is 5.10 Å². The van der Waals surface area contributed by atoms with Crippen LogP contribution in [0.25, 0.3) is 22.4 Å². The molecule has 9 nitrogen and oxygen atoms in total. The van der Waals surface area contributed by atoms with E-state index < -0.39 is 11.4 Å². The lowest BCUT2D eigenvalue weighted by atomic mass is 9.77. The number of aryl methyl sites for hydroxylation is 1. The van der Waals surface area contributed by atoms with Gasteiger partial charge in [-0.05, 0) is 67.3 Å². The Morgan fingerprint density at radius 2 is 1.88 bits per heavy atom. The van der Waals surface area contributed by atoms with Crippen LogP contribution >= 0.6 is 11.6 Å². The van der Waals surface area contributed by atoms with E-state index in [0.717, 1.165) is 34.5 Å². The normalized spacial score (nSPS) is 22.1. The highest BCUT2D eigenvalue weighted by Gasteiger charge is 2.47. The minimum Gasteiger partial charge on any atom is -0.481 e. The Balaban J connectivity index is 1.37. The van der Waals surface area contributed by atoms with Crippen LogP contribution in [0.2, 0.25) is 5.02 Å². The zero-order valence-corrected chi connectivity index (χ0v) is 23.9. The summed E-state index contributed by atoms with van der Waals surface area (Å²) in [5.41, 5.74) is 9.11. The number of rotatable bonds is 7. The molecule has 3 heterocycles. The summed E-state index contributed by atoms with van der Waals surface area (Å²) in [7, 11) is 0. The Morgan fingerprint density at radius 3 is 2.59 bits per heavy atom. The first kappa shape index (κ1) is 27.2. The first-order chi connectivity index (χ1) is 19.6. The van der Waals surface area contributed by atoms with Crippen molar-refractivity contribution in [1.82, 2.24) is 19.7 Å². The Bertz CT molecular complexity index is 1660. The Morgan fingerprint density at radius 1 is 1.15 bits per heavy atom. The monoisotopic (exact) mass is 572 g/mol. The number of hydrogen-bond donors (Lipinski definition) is 3. The third kappa shape index (κ3) is 4.92. The number of fused-ring (bicyclic) bond motifs is 2. The molecule has 4 aromatic rings. The van der Waals surface area contributed by atoms with Gasteiger partial charge in [0.15, 0.2) is 5.82 Å². The van der Waals surface area contributed by atoms with Gasteiger partial charge in [0.1, 0.15) is 22.7 Å². The second-order valence-corrected chi connectivity index (χ2v) is 12.1. The SMILES string of the molecule is CC1CCC(Cn2nc(-c3nc(N)c4c(n3)NC(=O)[C@]4(C)c3ccc(CCC(=O)O)cc3)c3ccc(Cl)cc32)CC1. The topological polar surface area (TPSA) is 136 Å². The molecule has 1 saturated carbocycles. The van der Waals surface area contributed by atoms with Gasteiger partial charge in [-0.25, -0.2) is 9.97 Å². The molecule has 2 aromatic carbocycles. The van der Waals surface area contributed by atoms with Crippen LogP contribution < -0.4 is 11.1 Å². The lowest BCUT2D eigenvalue weighted by Crippen LogP contribution is -2.33. The Labute approximate surface area is 243 Å². The number of amides is 1. The van der Waals surface area contributed by atoms with E-state index in [1.54, 1.807) is 6.92 Å². The van der Waals surface area contributed by atoms with Crippen LogP contribution in [0.1, 0.15) is 62.6 Å². The molecule has 41 heavy (non-hydrogen) atoms. The Kier molecular flexibility index (Phi) is 6.93. The summed E-state index contributed by atoms with van der Waals surface area (Å²) in [6.07, 6.45) is 5.25. The predicted molar refractivity (Wildman–Crippen MR) is 159 cm³/mol. The number of carbonyl (C=O) groups is 2. The number of benzene rings is 2. The molecule has 0 spiro atoms. The maximum absolute atomic E-state index is 13.4. The molecule has 2 aliphatic rings. The molecular formula is C31H33ClN6O3. The highest BCUT2D eigenvalue weighted by molar-refractivity contribution is 6.31. The number of nitrogens with two attached hydrogens (primary N) is 1. The van der Waals surface area contributed by atoms with Crippen molar-refractivity contribution in [2.75, 3.05) is 11.1 Å². The van der Waals surface area contributed by atoms with Crippen LogP contribution in [0.5, 0.6) is 0 Å². The molecule has 0 saturated heterocycles. The fraction of sp³-hybridized carbons (Fsp3) is 0.387. The third-order valence-corrected chi connectivity index (χ3v) is 9.01. The van der Waals surface area contributed by atoms with Gasteiger partial charge < -0.3 is 16.2 Å². The molecule has 1 amide bonds. The van der Waals surface area contributed by atoms with Gasteiger partial charge in [0, 0.05) is 23.4 Å². The molecule has 6 rings (SSSR count). The fourth-order valence-corrected chi connectivity index (χ4v) is 6.42. The lowest BCUT2D eigenvalue weighted by Gasteiger charge is -2.26. The van der Waals surface area contributed by atoms with Crippen LogP contribution in [0.4, 0.5) is 11.6 Å². The van der Waals surface area contributed by atoms with Gasteiger partial charge in [-0.1, -0.05) is 55.6 Å². The number of carboxylic acid groups (broad SMARTS) is 1.